The number of methoxy groups -OCH3 is 1. The van der Waals surface area contributed by atoms with Crippen LogP contribution in [0.3, 0.4) is 0 Å². The van der Waals surface area contributed by atoms with E-state index in [0.29, 0.717) is 11.5 Å². The highest BCUT2D eigenvalue weighted by Crippen LogP contribution is 2.30. The first kappa shape index (κ1) is 13.8. The standard InChI is InChI=1S/C16H19N3O2/c1-21-10-11-4-5-19(9-11)15-8-18-7-13-3-2-12(16(17)20)6-14(13)15/h2-3,6-8,11H,4-5,9-10H2,1H3,(H2,17,20). The van der Waals surface area contributed by atoms with E-state index in [-0.39, 0.29) is 0 Å². The molecule has 1 fully saturated rings. The molecule has 1 amide bonds. The first-order valence-electron chi connectivity index (χ1n) is 7.10. The predicted molar refractivity (Wildman–Crippen MR) is 82.5 cm³/mol. The van der Waals surface area contributed by atoms with Gasteiger partial charge in [0.05, 0.1) is 18.5 Å². The summed E-state index contributed by atoms with van der Waals surface area (Å²) >= 11 is 0. The van der Waals surface area contributed by atoms with Gasteiger partial charge in [-0.25, -0.2) is 0 Å². The topological polar surface area (TPSA) is 68.4 Å². The molecule has 1 aliphatic heterocycles. The van der Waals surface area contributed by atoms with Crippen LogP contribution in [-0.4, -0.2) is 37.7 Å². The maximum absolute atomic E-state index is 11.4. The van der Waals surface area contributed by atoms with Gasteiger partial charge in [-0.05, 0) is 18.6 Å². The quantitative estimate of drug-likeness (QED) is 0.930. The number of amides is 1. The Hall–Kier alpha value is -2.14. The van der Waals surface area contributed by atoms with Crippen LogP contribution < -0.4 is 10.6 Å². The van der Waals surface area contributed by atoms with Crippen molar-refractivity contribution in [3.63, 3.8) is 0 Å². The summed E-state index contributed by atoms with van der Waals surface area (Å²) < 4.78 is 5.24. The van der Waals surface area contributed by atoms with Crippen LogP contribution in [0, 0.1) is 5.92 Å². The molecular formula is C16H19N3O2. The van der Waals surface area contributed by atoms with Gasteiger partial charge in [0, 0.05) is 48.6 Å². The van der Waals surface area contributed by atoms with Gasteiger partial charge < -0.3 is 15.4 Å². The summed E-state index contributed by atoms with van der Waals surface area (Å²) in [4.78, 5) is 18.0. The zero-order valence-corrected chi connectivity index (χ0v) is 12.1. The molecule has 1 saturated heterocycles. The average molecular weight is 285 g/mol. The summed E-state index contributed by atoms with van der Waals surface area (Å²) in [5, 5.41) is 2.05. The molecule has 0 bridgehead atoms. The molecule has 1 aromatic carbocycles. The third kappa shape index (κ3) is 2.69. The van der Waals surface area contributed by atoms with E-state index in [1.807, 2.05) is 24.5 Å². The van der Waals surface area contributed by atoms with E-state index in [0.717, 1.165) is 42.6 Å². The highest BCUT2D eigenvalue weighted by Gasteiger charge is 2.24. The van der Waals surface area contributed by atoms with Gasteiger partial charge in [0.1, 0.15) is 0 Å². The fraction of sp³-hybridized carbons (Fsp3) is 0.375. The number of primary amides is 1. The van der Waals surface area contributed by atoms with Crippen molar-refractivity contribution in [2.24, 2.45) is 11.7 Å². The summed E-state index contributed by atoms with van der Waals surface area (Å²) in [6.07, 6.45) is 4.79. The van der Waals surface area contributed by atoms with Crippen molar-refractivity contribution in [2.45, 2.75) is 6.42 Å². The summed E-state index contributed by atoms with van der Waals surface area (Å²) in [6, 6.07) is 5.50. The number of hydrogen-bond donors (Lipinski definition) is 1. The SMILES string of the molecule is COCC1CCN(c2cncc3ccc(C(N)=O)cc23)C1. The fourth-order valence-corrected chi connectivity index (χ4v) is 2.98. The average Bonchev–Trinajstić information content (AvgIpc) is 2.95. The molecule has 1 aromatic heterocycles. The van der Waals surface area contributed by atoms with Crippen molar-refractivity contribution < 1.29 is 9.53 Å². The van der Waals surface area contributed by atoms with E-state index < -0.39 is 5.91 Å². The van der Waals surface area contributed by atoms with Crippen LogP contribution in [0.5, 0.6) is 0 Å². The number of ether oxygens (including phenoxy) is 1. The number of carbonyl (C=O) groups excluding carboxylic acids is 1. The van der Waals surface area contributed by atoms with Crippen molar-refractivity contribution in [3.05, 3.63) is 36.2 Å². The largest absolute Gasteiger partial charge is 0.384 e. The number of benzene rings is 1. The number of carbonyl (C=O) groups is 1. The molecule has 0 radical (unpaired) electrons. The van der Waals surface area contributed by atoms with Crippen LogP contribution in [0.1, 0.15) is 16.8 Å². The van der Waals surface area contributed by atoms with Crippen molar-refractivity contribution in [3.8, 4) is 0 Å². The Morgan fingerprint density at radius 3 is 3.10 bits per heavy atom. The molecule has 21 heavy (non-hydrogen) atoms. The highest BCUT2D eigenvalue weighted by molar-refractivity contribution is 6.01. The van der Waals surface area contributed by atoms with E-state index in [1.165, 1.54) is 0 Å². The van der Waals surface area contributed by atoms with Gasteiger partial charge in [-0.2, -0.15) is 0 Å². The molecule has 1 unspecified atom stereocenters. The van der Waals surface area contributed by atoms with Crippen LogP contribution in [-0.2, 0) is 4.74 Å². The van der Waals surface area contributed by atoms with Crippen LogP contribution in [0.2, 0.25) is 0 Å². The molecule has 5 nitrogen and oxygen atoms in total. The van der Waals surface area contributed by atoms with Gasteiger partial charge in [0.15, 0.2) is 0 Å². The van der Waals surface area contributed by atoms with Gasteiger partial charge in [0.25, 0.3) is 0 Å². The summed E-state index contributed by atoms with van der Waals surface area (Å²) in [5.41, 5.74) is 6.98. The fourth-order valence-electron chi connectivity index (χ4n) is 2.98. The van der Waals surface area contributed by atoms with Crippen LogP contribution in [0.15, 0.2) is 30.6 Å². The lowest BCUT2D eigenvalue weighted by Crippen LogP contribution is -2.21. The highest BCUT2D eigenvalue weighted by atomic mass is 16.5. The monoisotopic (exact) mass is 285 g/mol. The molecule has 3 rings (SSSR count). The molecule has 0 aliphatic carbocycles. The van der Waals surface area contributed by atoms with E-state index >= 15 is 0 Å². The van der Waals surface area contributed by atoms with Crippen molar-refractivity contribution >= 4 is 22.4 Å². The van der Waals surface area contributed by atoms with Gasteiger partial charge in [-0.1, -0.05) is 6.07 Å². The number of nitrogens with zero attached hydrogens (tertiary/aromatic N) is 2. The van der Waals surface area contributed by atoms with Crippen LogP contribution in [0.4, 0.5) is 5.69 Å². The van der Waals surface area contributed by atoms with Crippen LogP contribution >= 0.6 is 0 Å². The number of anilines is 1. The Kier molecular flexibility index (Phi) is 3.75. The Bertz CT molecular complexity index is 672. The van der Waals surface area contributed by atoms with E-state index in [9.17, 15) is 4.79 Å². The minimum Gasteiger partial charge on any atom is -0.384 e. The first-order chi connectivity index (χ1) is 10.2. The molecule has 110 valence electrons. The molecule has 1 aliphatic rings. The Morgan fingerprint density at radius 2 is 2.33 bits per heavy atom. The second kappa shape index (κ2) is 5.69. The zero-order valence-electron chi connectivity index (χ0n) is 12.1. The minimum atomic E-state index is -0.404. The lowest BCUT2D eigenvalue weighted by atomic mass is 10.1. The van der Waals surface area contributed by atoms with Crippen LogP contribution in [0.25, 0.3) is 10.8 Å². The van der Waals surface area contributed by atoms with Gasteiger partial charge >= 0.3 is 0 Å². The smallest absolute Gasteiger partial charge is 0.248 e. The second-order valence-electron chi connectivity index (χ2n) is 5.51. The number of hydrogen-bond acceptors (Lipinski definition) is 4. The molecular weight excluding hydrogens is 266 g/mol. The van der Waals surface area contributed by atoms with Crippen molar-refractivity contribution in [1.29, 1.82) is 0 Å². The summed E-state index contributed by atoms with van der Waals surface area (Å²) in [5.74, 6) is 0.142. The Morgan fingerprint density at radius 1 is 1.48 bits per heavy atom. The first-order valence-corrected chi connectivity index (χ1v) is 7.10. The van der Waals surface area contributed by atoms with Gasteiger partial charge in [-0.3, -0.25) is 9.78 Å². The lowest BCUT2D eigenvalue weighted by Gasteiger charge is -2.20. The maximum atomic E-state index is 11.4. The molecule has 0 saturated carbocycles. The van der Waals surface area contributed by atoms with Crippen molar-refractivity contribution in [2.75, 3.05) is 31.7 Å². The Balaban J connectivity index is 1.98. The molecule has 2 heterocycles. The molecule has 2 aromatic rings. The minimum absolute atomic E-state index is 0.404. The second-order valence-corrected chi connectivity index (χ2v) is 5.51. The Labute approximate surface area is 123 Å². The third-order valence-corrected chi connectivity index (χ3v) is 4.05. The molecule has 1 atom stereocenters. The number of pyridine rings is 1. The number of aromatic nitrogens is 1. The van der Waals surface area contributed by atoms with Gasteiger partial charge in [0.2, 0.25) is 5.91 Å². The van der Waals surface area contributed by atoms with Crippen molar-refractivity contribution in [1.82, 2.24) is 4.98 Å². The summed E-state index contributed by atoms with van der Waals surface area (Å²) in [6.45, 7) is 2.71. The van der Waals surface area contributed by atoms with E-state index in [1.54, 1.807) is 13.2 Å². The van der Waals surface area contributed by atoms with E-state index in [2.05, 4.69) is 9.88 Å². The maximum Gasteiger partial charge on any atom is 0.248 e. The molecule has 5 heteroatoms. The predicted octanol–water partition coefficient (Wildman–Crippen LogP) is 1.81. The van der Waals surface area contributed by atoms with E-state index in [4.69, 9.17) is 10.5 Å². The normalized spacial score (nSPS) is 18.3. The lowest BCUT2D eigenvalue weighted by molar-refractivity contribution is 0.100. The molecule has 2 N–H and O–H groups in total. The number of rotatable bonds is 4. The third-order valence-electron chi connectivity index (χ3n) is 4.05. The number of nitrogens with two attached hydrogens (primary N) is 1. The number of fused-ring (bicyclic) bond motifs is 1. The summed E-state index contributed by atoms with van der Waals surface area (Å²) in [7, 11) is 1.74. The van der Waals surface area contributed by atoms with Gasteiger partial charge in [-0.15, -0.1) is 0 Å². The zero-order chi connectivity index (χ0) is 14.8. The molecule has 0 spiro atoms.